The van der Waals surface area contributed by atoms with Crippen molar-refractivity contribution in [3.63, 3.8) is 0 Å². The second kappa shape index (κ2) is 6.19. The van der Waals surface area contributed by atoms with Gasteiger partial charge in [0, 0.05) is 0 Å². The summed E-state index contributed by atoms with van der Waals surface area (Å²) in [7, 11) is 0. The van der Waals surface area contributed by atoms with Gasteiger partial charge in [-0.25, -0.2) is 0 Å². The van der Waals surface area contributed by atoms with E-state index in [0.717, 1.165) is 6.42 Å². The molecule has 0 saturated heterocycles. The standard InChI is InChI=1S/C4H8.C2H3NO2.Th/c1-3-4-2;1-2-3(4)5;/h3H2,1-2H3;1H,2H2;. The van der Waals surface area contributed by atoms with Crippen LogP contribution in [-0.4, -0.2) is 14.5 Å². The van der Waals surface area contributed by atoms with Gasteiger partial charge in [0.1, 0.15) is 0 Å². The molecule has 0 bridgehead atoms. The van der Waals surface area contributed by atoms with Crippen LogP contribution in [0.1, 0.15) is 20.3 Å². The average Bonchev–Trinajstić information content (AvgIpc) is 1.87. The Morgan fingerprint density at radius 2 is 2.40 bits per heavy atom. The fourth-order valence-electron chi connectivity index (χ4n) is 0.396. The van der Waals surface area contributed by atoms with E-state index in [1.807, 2.05) is 1.76 Å². The molecule has 0 rings (SSSR count). The third kappa shape index (κ3) is 6.58. The molecule has 0 aliphatic rings. The van der Waals surface area contributed by atoms with Gasteiger partial charge in [-0.15, -0.1) is 0 Å². The summed E-state index contributed by atoms with van der Waals surface area (Å²) in [6, 6.07) is 0. The molecule has 0 aromatic carbocycles. The number of rotatable bonds is 3. The third-order valence-electron chi connectivity index (χ3n) is 1.12. The van der Waals surface area contributed by atoms with E-state index in [2.05, 4.69) is 13.8 Å². The monoisotopic (exact) mass is 361 g/mol. The van der Waals surface area contributed by atoms with Crippen molar-refractivity contribution in [2.45, 2.75) is 20.3 Å². The molecule has 0 spiro atoms. The minimum absolute atomic E-state index is 0.0764. The van der Waals surface area contributed by atoms with E-state index in [9.17, 15) is 10.1 Å². The molecule has 3 nitrogen and oxygen atoms in total. The minimum atomic E-state index is -0.930. The third-order valence-corrected chi connectivity index (χ3v) is 6.19. The van der Waals surface area contributed by atoms with Gasteiger partial charge in [-0.05, 0) is 0 Å². The molecule has 10 heavy (non-hydrogen) atoms. The Balaban J connectivity index is 3.85. The van der Waals surface area contributed by atoms with Crippen LogP contribution in [0.5, 0.6) is 0 Å². The number of hydrogen-bond donors (Lipinski definition) is 0. The van der Waals surface area contributed by atoms with E-state index in [1.165, 1.54) is 1.26 Å². The molecule has 56 valence electrons. The van der Waals surface area contributed by atoms with Crippen LogP contribution < -0.4 is 0 Å². The van der Waals surface area contributed by atoms with Gasteiger partial charge < -0.3 is 0 Å². The van der Waals surface area contributed by atoms with Crippen molar-refractivity contribution < 1.29 is 39.7 Å². The van der Waals surface area contributed by atoms with E-state index in [0.29, 0.717) is 0 Å². The molecule has 4 heteroatoms. The zero-order valence-corrected chi connectivity index (χ0v) is 10.4. The van der Waals surface area contributed by atoms with Crippen LogP contribution in [0, 0.1) is 44.9 Å². The second-order valence-electron chi connectivity index (χ2n) is 2.00. The van der Waals surface area contributed by atoms with Gasteiger partial charge in [0.05, 0.1) is 0 Å². The van der Waals surface area contributed by atoms with E-state index in [-0.39, 0.29) is 11.5 Å². The molecular formula is C6H11NO2Th. The van der Waals surface area contributed by atoms with Gasteiger partial charge >= 0.3 is 79.7 Å². The predicted molar refractivity (Wildman–Crippen MR) is 38.9 cm³/mol. The van der Waals surface area contributed by atoms with Gasteiger partial charge in [-0.3, -0.25) is 0 Å². The SMILES string of the molecule is CC[C](C)=[Th]=[CH]C[N+](=O)[O-]. The van der Waals surface area contributed by atoms with Crippen LogP contribution >= 0.6 is 0 Å². The van der Waals surface area contributed by atoms with Gasteiger partial charge in [-0.2, -0.15) is 0 Å². The molecule has 0 radical (unpaired) electrons. The number of nitrogens with zero attached hydrogens (tertiary/aromatic N) is 1. The zero-order valence-electron chi connectivity index (χ0n) is 6.26. The summed E-state index contributed by atoms with van der Waals surface area (Å²) in [6.45, 7) is 4.28. The Morgan fingerprint density at radius 1 is 1.80 bits per heavy atom. The summed E-state index contributed by atoms with van der Waals surface area (Å²) in [5.74, 6) is 0. The zero-order chi connectivity index (χ0) is 7.98. The first-order valence-corrected chi connectivity index (χ1v) is 7.62. The fourth-order valence-corrected chi connectivity index (χ4v) is 3.66. The molecule has 0 atom stereocenters. The summed E-state index contributed by atoms with van der Waals surface area (Å²) in [4.78, 5) is 9.60. The van der Waals surface area contributed by atoms with Crippen molar-refractivity contribution in [2.24, 2.45) is 0 Å². The Morgan fingerprint density at radius 3 is 2.80 bits per heavy atom. The molecule has 0 fully saturated rings. The topological polar surface area (TPSA) is 43.1 Å². The van der Waals surface area contributed by atoms with Crippen LogP contribution in [0.25, 0.3) is 0 Å². The van der Waals surface area contributed by atoms with Crippen LogP contribution in [0.2, 0.25) is 0 Å². The summed E-state index contributed by atoms with van der Waals surface area (Å²) in [5, 5.41) is 9.87. The summed E-state index contributed by atoms with van der Waals surface area (Å²) >= 11 is -0.930. The Labute approximate surface area is 79.0 Å². The van der Waals surface area contributed by atoms with Crippen LogP contribution in [0.15, 0.2) is 0 Å². The Hall–Kier alpha value is 0.465. The maximum atomic E-state index is 9.87. The summed E-state index contributed by atoms with van der Waals surface area (Å²) in [6.07, 6.45) is 1.10. The quantitative estimate of drug-likeness (QED) is 0.550. The molecular weight excluding hydrogens is 350 g/mol. The van der Waals surface area contributed by atoms with Crippen LogP contribution in [0.4, 0.5) is 0 Å². The van der Waals surface area contributed by atoms with Crippen molar-refractivity contribution in [1.29, 1.82) is 0 Å². The molecule has 0 aliphatic carbocycles. The van der Waals surface area contributed by atoms with Crippen LogP contribution in [-0.2, 0) is 0 Å². The first kappa shape index (κ1) is 10.5. The first-order chi connectivity index (χ1) is 4.66. The van der Waals surface area contributed by atoms with E-state index < -0.39 is 34.8 Å². The van der Waals surface area contributed by atoms with Gasteiger partial charge in [0.15, 0.2) is 0 Å². The van der Waals surface area contributed by atoms with E-state index >= 15 is 0 Å². The summed E-state index contributed by atoms with van der Waals surface area (Å²) < 4.78 is 3.41. The molecule has 0 aromatic rings. The van der Waals surface area contributed by atoms with Crippen molar-refractivity contribution in [3.05, 3.63) is 10.1 Å². The van der Waals surface area contributed by atoms with Crippen molar-refractivity contribution >= 4 is 3.03 Å². The molecule has 0 N–H and O–H groups in total. The molecule has 0 aromatic heterocycles. The van der Waals surface area contributed by atoms with E-state index in [4.69, 9.17) is 0 Å². The van der Waals surface area contributed by atoms with Gasteiger partial charge in [-0.1, -0.05) is 0 Å². The van der Waals surface area contributed by atoms with Crippen LogP contribution in [0.3, 0.4) is 0 Å². The average molecular weight is 361 g/mol. The molecule has 0 aliphatic heterocycles. The van der Waals surface area contributed by atoms with Crippen molar-refractivity contribution in [2.75, 3.05) is 6.54 Å². The molecule has 0 unspecified atom stereocenters. The molecule has 0 amide bonds. The van der Waals surface area contributed by atoms with Crippen molar-refractivity contribution in [1.82, 2.24) is 0 Å². The molecule has 0 saturated carbocycles. The van der Waals surface area contributed by atoms with E-state index in [1.54, 1.807) is 0 Å². The maximum absolute atomic E-state index is 9.87. The van der Waals surface area contributed by atoms with Crippen molar-refractivity contribution in [3.8, 4) is 0 Å². The second-order valence-corrected chi connectivity index (χ2v) is 8.37. The van der Waals surface area contributed by atoms with Gasteiger partial charge in [0.2, 0.25) is 0 Å². The first-order valence-electron chi connectivity index (χ1n) is 3.19. The summed E-state index contributed by atoms with van der Waals surface area (Å²) in [5.41, 5.74) is 0. The predicted octanol–water partition coefficient (Wildman–Crippen LogP) is 0.753. The Kier molecular flexibility index (Phi) is 6.48. The number of hydrogen-bond acceptors (Lipinski definition) is 2. The fraction of sp³-hybridized carbons (Fsp3) is 0.667. The Bertz CT molecular complexity index is 182. The molecule has 0 heterocycles. The normalized spacial score (nSPS) is 8.20. The number of nitro groups is 1. The van der Waals surface area contributed by atoms with Gasteiger partial charge in [0.25, 0.3) is 0 Å².